The zero-order valence-electron chi connectivity index (χ0n) is 8.91. The van der Waals surface area contributed by atoms with Gasteiger partial charge in [-0.3, -0.25) is 0 Å². The standard InChI is InChI=1S/C12H14BrNO2/c13-9-12(6-7-12)14-11(15)16-8-10-4-2-1-3-5-10/h1-5H,6-9H2,(H,14,15). The van der Waals surface area contributed by atoms with E-state index in [1.54, 1.807) is 0 Å². The van der Waals surface area contributed by atoms with E-state index in [2.05, 4.69) is 21.2 Å². The highest BCUT2D eigenvalue weighted by Crippen LogP contribution is 2.36. The molecule has 0 bridgehead atoms. The summed E-state index contributed by atoms with van der Waals surface area (Å²) in [7, 11) is 0. The maximum absolute atomic E-state index is 11.5. The summed E-state index contributed by atoms with van der Waals surface area (Å²) in [6, 6.07) is 9.66. The molecule has 86 valence electrons. The van der Waals surface area contributed by atoms with E-state index in [0.29, 0.717) is 6.61 Å². The Kier molecular flexibility index (Phi) is 3.49. The van der Waals surface area contributed by atoms with Crippen LogP contribution in [0.25, 0.3) is 0 Å². The summed E-state index contributed by atoms with van der Waals surface area (Å²) < 4.78 is 5.13. The second-order valence-electron chi connectivity index (χ2n) is 4.10. The van der Waals surface area contributed by atoms with E-state index < -0.39 is 0 Å². The van der Waals surface area contributed by atoms with Crippen molar-refractivity contribution >= 4 is 22.0 Å². The van der Waals surface area contributed by atoms with Crippen molar-refractivity contribution in [2.45, 2.75) is 25.0 Å². The summed E-state index contributed by atoms with van der Waals surface area (Å²) in [6.07, 6.45) is 1.72. The van der Waals surface area contributed by atoms with Crippen LogP contribution in [0.1, 0.15) is 18.4 Å². The van der Waals surface area contributed by atoms with Gasteiger partial charge in [0.1, 0.15) is 6.61 Å². The van der Waals surface area contributed by atoms with Crippen LogP contribution in [0.2, 0.25) is 0 Å². The van der Waals surface area contributed by atoms with E-state index in [-0.39, 0.29) is 11.6 Å². The number of carbonyl (C=O) groups excluding carboxylic acids is 1. The average Bonchev–Trinajstić information content (AvgIpc) is 3.08. The van der Waals surface area contributed by atoms with E-state index in [0.717, 1.165) is 23.7 Å². The lowest BCUT2D eigenvalue weighted by molar-refractivity contribution is 0.135. The SMILES string of the molecule is O=C(NC1(CBr)CC1)OCc1ccccc1. The Morgan fingerprint density at radius 3 is 2.62 bits per heavy atom. The highest BCUT2D eigenvalue weighted by atomic mass is 79.9. The van der Waals surface area contributed by atoms with Crippen molar-refractivity contribution in [2.24, 2.45) is 0 Å². The molecule has 3 nitrogen and oxygen atoms in total. The van der Waals surface area contributed by atoms with Crippen molar-refractivity contribution in [3.05, 3.63) is 35.9 Å². The molecule has 1 aromatic rings. The molecule has 0 saturated heterocycles. The smallest absolute Gasteiger partial charge is 0.407 e. The molecule has 1 N–H and O–H groups in total. The van der Waals surface area contributed by atoms with Crippen LogP contribution in [0.3, 0.4) is 0 Å². The minimum Gasteiger partial charge on any atom is -0.445 e. The maximum atomic E-state index is 11.5. The molecule has 1 saturated carbocycles. The fourth-order valence-corrected chi connectivity index (χ4v) is 2.12. The van der Waals surface area contributed by atoms with Crippen LogP contribution in [0, 0.1) is 0 Å². The Morgan fingerprint density at radius 2 is 2.06 bits per heavy atom. The van der Waals surface area contributed by atoms with Gasteiger partial charge in [0, 0.05) is 5.33 Å². The molecule has 1 amide bonds. The Bertz CT molecular complexity index is 363. The first kappa shape index (κ1) is 11.5. The number of benzene rings is 1. The first-order valence-electron chi connectivity index (χ1n) is 5.29. The van der Waals surface area contributed by atoms with E-state index in [1.807, 2.05) is 30.3 Å². The van der Waals surface area contributed by atoms with E-state index in [9.17, 15) is 4.79 Å². The van der Waals surface area contributed by atoms with Gasteiger partial charge in [-0.15, -0.1) is 0 Å². The number of alkyl carbamates (subject to hydrolysis) is 1. The topological polar surface area (TPSA) is 38.3 Å². The molecule has 16 heavy (non-hydrogen) atoms. The molecular weight excluding hydrogens is 270 g/mol. The van der Waals surface area contributed by atoms with Crippen molar-refractivity contribution < 1.29 is 9.53 Å². The molecule has 1 aliphatic carbocycles. The fourth-order valence-electron chi connectivity index (χ4n) is 1.42. The minimum atomic E-state index is -0.333. The van der Waals surface area contributed by atoms with Crippen molar-refractivity contribution in [2.75, 3.05) is 5.33 Å². The predicted molar refractivity (Wildman–Crippen MR) is 65.5 cm³/mol. The molecule has 2 rings (SSSR count). The minimum absolute atomic E-state index is 0.0478. The Hall–Kier alpha value is -1.03. The van der Waals surface area contributed by atoms with Crippen LogP contribution in [-0.2, 0) is 11.3 Å². The zero-order chi connectivity index (χ0) is 11.4. The number of nitrogens with one attached hydrogen (secondary N) is 1. The first-order chi connectivity index (χ1) is 7.74. The Morgan fingerprint density at radius 1 is 1.38 bits per heavy atom. The molecule has 4 heteroatoms. The largest absolute Gasteiger partial charge is 0.445 e. The highest BCUT2D eigenvalue weighted by Gasteiger charge is 2.43. The Balaban J connectivity index is 1.76. The molecule has 0 aliphatic heterocycles. The van der Waals surface area contributed by atoms with Crippen molar-refractivity contribution in [3.63, 3.8) is 0 Å². The average molecular weight is 284 g/mol. The molecule has 0 heterocycles. The van der Waals surface area contributed by atoms with E-state index >= 15 is 0 Å². The summed E-state index contributed by atoms with van der Waals surface area (Å²) in [6.45, 7) is 0.324. The summed E-state index contributed by atoms with van der Waals surface area (Å²) in [5.74, 6) is 0. The van der Waals surface area contributed by atoms with Gasteiger partial charge in [-0.05, 0) is 18.4 Å². The molecule has 0 spiro atoms. The van der Waals surface area contributed by atoms with E-state index in [4.69, 9.17) is 4.74 Å². The summed E-state index contributed by atoms with van der Waals surface area (Å²) in [5, 5.41) is 3.67. The van der Waals surface area contributed by atoms with Crippen LogP contribution >= 0.6 is 15.9 Å². The van der Waals surface area contributed by atoms with Crippen LogP contribution in [0.15, 0.2) is 30.3 Å². The molecule has 1 aromatic carbocycles. The maximum Gasteiger partial charge on any atom is 0.407 e. The number of halogens is 1. The number of hydrogen-bond donors (Lipinski definition) is 1. The lowest BCUT2D eigenvalue weighted by Crippen LogP contribution is -2.38. The highest BCUT2D eigenvalue weighted by molar-refractivity contribution is 9.09. The monoisotopic (exact) mass is 283 g/mol. The number of alkyl halides is 1. The van der Waals surface area contributed by atoms with Gasteiger partial charge in [-0.2, -0.15) is 0 Å². The molecule has 1 fully saturated rings. The third-order valence-corrected chi connectivity index (χ3v) is 3.76. The van der Waals surface area contributed by atoms with Gasteiger partial charge in [0.05, 0.1) is 5.54 Å². The predicted octanol–water partition coefficient (Wildman–Crippen LogP) is 2.84. The van der Waals surface area contributed by atoms with Crippen LogP contribution in [0.4, 0.5) is 4.79 Å². The molecule has 0 atom stereocenters. The summed E-state index contributed by atoms with van der Waals surface area (Å²) in [4.78, 5) is 11.5. The lowest BCUT2D eigenvalue weighted by atomic mass is 10.2. The number of rotatable bonds is 4. The van der Waals surface area contributed by atoms with Crippen molar-refractivity contribution in [3.8, 4) is 0 Å². The lowest BCUT2D eigenvalue weighted by Gasteiger charge is -2.14. The van der Waals surface area contributed by atoms with Crippen molar-refractivity contribution in [1.29, 1.82) is 0 Å². The molecule has 0 aromatic heterocycles. The normalized spacial score (nSPS) is 16.6. The zero-order valence-corrected chi connectivity index (χ0v) is 10.5. The van der Waals surface area contributed by atoms with Crippen LogP contribution in [0.5, 0.6) is 0 Å². The molecule has 1 aliphatic rings. The van der Waals surface area contributed by atoms with Gasteiger partial charge in [0.25, 0.3) is 0 Å². The first-order valence-corrected chi connectivity index (χ1v) is 6.41. The van der Waals surface area contributed by atoms with Gasteiger partial charge in [0.15, 0.2) is 0 Å². The molecule has 0 radical (unpaired) electrons. The summed E-state index contributed by atoms with van der Waals surface area (Å²) in [5.41, 5.74) is 0.953. The number of carbonyl (C=O) groups is 1. The second kappa shape index (κ2) is 4.87. The summed E-state index contributed by atoms with van der Waals surface area (Å²) >= 11 is 3.39. The second-order valence-corrected chi connectivity index (χ2v) is 4.66. The fraction of sp³-hybridized carbons (Fsp3) is 0.417. The quantitative estimate of drug-likeness (QED) is 0.863. The molecular formula is C12H14BrNO2. The van der Waals surface area contributed by atoms with Crippen LogP contribution < -0.4 is 5.32 Å². The van der Waals surface area contributed by atoms with Gasteiger partial charge in [0.2, 0.25) is 0 Å². The van der Waals surface area contributed by atoms with Gasteiger partial charge in [-0.1, -0.05) is 46.3 Å². The molecule has 0 unspecified atom stereocenters. The van der Waals surface area contributed by atoms with Crippen molar-refractivity contribution in [1.82, 2.24) is 5.32 Å². The van der Waals surface area contributed by atoms with Crippen LogP contribution in [-0.4, -0.2) is 17.0 Å². The Labute approximate surface area is 103 Å². The van der Waals surface area contributed by atoms with Gasteiger partial charge in [-0.25, -0.2) is 4.79 Å². The van der Waals surface area contributed by atoms with E-state index in [1.165, 1.54) is 0 Å². The van der Waals surface area contributed by atoms with Gasteiger partial charge >= 0.3 is 6.09 Å². The number of hydrogen-bond acceptors (Lipinski definition) is 2. The number of ether oxygens (including phenoxy) is 1. The van der Waals surface area contributed by atoms with Gasteiger partial charge < -0.3 is 10.1 Å². The number of amides is 1. The third-order valence-electron chi connectivity index (χ3n) is 2.69. The third kappa shape index (κ3) is 2.98.